The van der Waals surface area contributed by atoms with Crippen molar-refractivity contribution in [3.63, 3.8) is 0 Å². The van der Waals surface area contributed by atoms with Gasteiger partial charge < -0.3 is 5.32 Å². The Hall–Kier alpha value is -3.35. The first-order valence-electron chi connectivity index (χ1n) is 9.52. The number of hydrogen-bond acceptors (Lipinski definition) is 5. The zero-order chi connectivity index (χ0) is 21.3. The Bertz CT molecular complexity index is 1010. The van der Waals surface area contributed by atoms with Crippen molar-refractivity contribution in [2.75, 3.05) is 0 Å². The van der Waals surface area contributed by atoms with E-state index < -0.39 is 33.6 Å². The number of carbonyl (C=O) groups is 3. The number of benzene rings is 2. The minimum atomic E-state index is -1.99. The zero-order valence-corrected chi connectivity index (χ0v) is 16.5. The van der Waals surface area contributed by atoms with Crippen molar-refractivity contribution < 1.29 is 19.3 Å². The number of nitro groups is 1. The second kappa shape index (κ2) is 7.58. The summed E-state index contributed by atoms with van der Waals surface area (Å²) >= 11 is 0. The van der Waals surface area contributed by atoms with Crippen LogP contribution in [0.15, 0.2) is 42.5 Å². The van der Waals surface area contributed by atoms with Gasteiger partial charge >= 0.3 is 0 Å². The molecule has 2 aromatic rings. The van der Waals surface area contributed by atoms with Crippen LogP contribution in [0.5, 0.6) is 0 Å². The van der Waals surface area contributed by atoms with Crippen LogP contribution in [0.1, 0.15) is 71.4 Å². The highest BCUT2D eigenvalue weighted by Crippen LogP contribution is 2.42. The van der Waals surface area contributed by atoms with Crippen molar-refractivity contribution in [3.8, 4) is 0 Å². The molecule has 150 valence electrons. The van der Waals surface area contributed by atoms with Gasteiger partial charge in [-0.05, 0) is 23.5 Å². The van der Waals surface area contributed by atoms with Gasteiger partial charge in [-0.15, -0.1) is 0 Å². The minimum absolute atomic E-state index is 0.0473. The lowest BCUT2D eigenvalue weighted by molar-refractivity contribution is -0.385. The van der Waals surface area contributed by atoms with Crippen molar-refractivity contribution in [1.82, 2.24) is 5.32 Å². The Balaban J connectivity index is 2.22. The van der Waals surface area contributed by atoms with Crippen LogP contribution < -0.4 is 5.32 Å². The molecule has 0 saturated carbocycles. The van der Waals surface area contributed by atoms with Crippen molar-refractivity contribution >= 4 is 23.2 Å². The third-order valence-corrected chi connectivity index (χ3v) is 5.21. The van der Waals surface area contributed by atoms with Crippen molar-refractivity contribution in [3.05, 3.63) is 74.8 Å². The molecule has 0 saturated heterocycles. The first-order chi connectivity index (χ1) is 13.7. The van der Waals surface area contributed by atoms with E-state index in [1.54, 1.807) is 24.3 Å². The van der Waals surface area contributed by atoms with Gasteiger partial charge in [0.1, 0.15) is 5.56 Å². The number of hydrogen-bond donors (Lipinski definition) is 1. The van der Waals surface area contributed by atoms with E-state index in [0.717, 1.165) is 5.56 Å². The monoisotopic (exact) mass is 394 g/mol. The largest absolute Gasteiger partial charge is 0.333 e. The van der Waals surface area contributed by atoms with Gasteiger partial charge in [-0.3, -0.25) is 24.5 Å². The van der Waals surface area contributed by atoms with Gasteiger partial charge in [0.2, 0.25) is 17.5 Å². The molecule has 3 rings (SSSR count). The van der Waals surface area contributed by atoms with Crippen LogP contribution in [0.3, 0.4) is 0 Å². The highest BCUT2D eigenvalue weighted by atomic mass is 16.6. The van der Waals surface area contributed by atoms with E-state index in [2.05, 4.69) is 5.32 Å². The summed E-state index contributed by atoms with van der Waals surface area (Å²) in [6, 6.07) is 10.8. The van der Waals surface area contributed by atoms with Crippen molar-refractivity contribution in [2.45, 2.75) is 45.1 Å². The van der Waals surface area contributed by atoms with Crippen LogP contribution in [0.25, 0.3) is 0 Å². The quantitative estimate of drug-likeness (QED) is 0.454. The molecular formula is C22H22N2O5. The van der Waals surface area contributed by atoms with Crippen LogP contribution >= 0.6 is 0 Å². The van der Waals surface area contributed by atoms with E-state index >= 15 is 0 Å². The predicted molar refractivity (Wildman–Crippen MR) is 107 cm³/mol. The molecule has 0 fully saturated rings. The first-order valence-corrected chi connectivity index (χ1v) is 9.52. The Morgan fingerprint density at radius 3 is 2.31 bits per heavy atom. The molecule has 7 nitrogen and oxygen atoms in total. The summed E-state index contributed by atoms with van der Waals surface area (Å²) < 4.78 is 0. The number of nitrogens with zero attached hydrogens (tertiary/aromatic N) is 1. The van der Waals surface area contributed by atoms with Gasteiger partial charge in [0.05, 0.1) is 4.92 Å². The second-order valence-electron chi connectivity index (χ2n) is 7.44. The highest BCUT2D eigenvalue weighted by molar-refractivity contribution is 6.35. The molecular weight excluding hydrogens is 372 g/mol. The third-order valence-electron chi connectivity index (χ3n) is 5.21. The smallest absolute Gasteiger partial charge is 0.281 e. The topological polar surface area (TPSA) is 106 Å². The number of nitro benzene ring substituents is 1. The third kappa shape index (κ3) is 3.22. The Morgan fingerprint density at radius 1 is 1.10 bits per heavy atom. The second-order valence-corrected chi connectivity index (χ2v) is 7.44. The van der Waals surface area contributed by atoms with E-state index in [4.69, 9.17) is 0 Å². The molecule has 0 spiro atoms. The average molecular weight is 394 g/mol. The van der Waals surface area contributed by atoms with E-state index in [-0.39, 0.29) is 23.5 Å². The van der Waals surface area contributed by atoms with Crippen LogP contribution in [-0.4, -0.2) is 22.4 Å². The summed E-state index contributed by atoms with van der Waals surface area (Å²) in [6.45, 7) is 5.83. The number of Topliss-reactive ketones (excluding diaryl/α,β-unsaturated/α-hetero) is 2. The molecule has 0 aliphatic heterocycles. The fraction of sp³-hybridized carbons (Fsp3) is 0.318. The summed E-state index contributed by atoms with van der Waals surface area (Å²) in [5.74, 6) is -1.64. The van der Waals surface area contributed by atoms with Gasteiger partial charge in [0, 0.05) is 18.1 Å². The maximum atomic E-state index is 13.5. The summed E-state index contributed by atoms with van der Waals surface area (Å²) in [7, 11) is 0. The number of ketones is 2. The molecule has 0 bridgehead atoms. The average Bonchev–Trinajstić information content (AvgIpc) is 2.90. The Kier molecular flexibility index (Phi) is 5.33. The van der Waals surface area contributed by atoms with Gasteiger partial charge in [0.25, 0.3) is 5.69 Å². The molecule has 1 N–H and O–H groups in total. The number of fused-ring (bicyclic) bond motifs is 1. The van der Waals surface area contributed by atoms with Gasteiger partial charge in [-0.1, -0.05) is 57.2 Å². The molecule has 0 radical (unpaired) electrons. The molecule has 0 heterocycles. The molecule has 1 amide bonds. The fourth-order valence-corrected chi connectivity index (χ4v) is 3.68. The number of carbonyl (C=O) groups excluding carboxylic acids is 3. The maximum Gasteiger partial charge on any atom is 0.281 e. The van der Waals surface area contributed by atoms with Crippen molar-refractivity contribution in [2.24, 2.45) is 0 Å². The first kappa shape index (κ1) is 20.4. The standard InChI is InChI=1S/C22H22N2O5/c1-4-6-18(25)23-22(15-11-9-14(10-12-15)13(2)3)20(26)16-7-5-8-17(24(28)29)19(16)21(22)27/h5,7-13H,4,6H2,1-3H3,(H,23,25). The van der Waals surface area contributed by atoms with Crippen LogP contribution in [0.4, 0.5) is 5.69 Å². The summed E-state index contributed by atoms with van der Waals surface area (Å²) in [5, 5.41) is 14.1. The molecule has 1 aliphatic carbocycles. The Morgan fingerprint density at radius 2 is 1.76 bits per heavy atom. The lowest BCUT2D eigenvalue weighted by Gasteiger charge is -2.28. The molecule has 7 heteroatoms. The normalized spacial score (nSPS) is 18.1. The highest BCUT2D eigenvalue weighted by Gasteiger charge is 2.57. The van der Waals surface area contributed by atoms with E-state index in [1.165, 1.54) is 18.2 Å². The molecule has 1 unspecified atom stereocenters. The molecule has 1 atom stereocenters. The summed E-state index contributed by atoms with van der Waals surface area (Å²) in [6.07, 6.45) is 0.661. The van der Waals surface area contributed by atoms with Crippen LogP contribution in [-0.2, 0) is 10.3 Å². The van der Waals surface area contributed by atoms with Gasteiger partial charge in [0.15, 0.2) is 5.54 Å². The molecule has 1 aliphatic rings. The summed E-state index contributed by atoms with van der Waals surface area (Å²) in [5.41, 5.74) is -1.43. The zero-order valence-electron chi connectivity index (χ0n) is 16.5. The minimum Gasteiger partial charge on any atom is -0.333 e. The summed E-state index contributed by atoms with van der Waals surface area (Å²) in [4.78, 5) is 50.1. The predicted octanol–water partition coefficient (Wildman–Crippen LogP) is 3.91. The number of nitrogens with one attached hydrogen (secondary N) is 1. The van der Waals surface area contributed by atoms with Gasteiger partial charge in [-0.2, -0.15) is 0 Å². The van der Waals surface area contributed by atoms with E-state index in [9.17, 15) is 24.5 Å². The molecule has 2 aromatic carbocycles. The SMILES string of the molecule is CCCC(=O)NC1(c2ccc(C(C)C)cc2)C(=O)c2cccc([N+](=O)[O-])c2C1=O. The lowest BCUT2D eigenvalue weighted by atomic mass is 9.83. The van der Waals surface area contributed by atoms with Crippen LogP contribution in [0.2, 0.25) is 0 Å². The van der Waals surface area contributed by atoms with Gasteiger partial charge in [-0.25, -0.2) is 0 Å². The maximum absolute atomic E-state index is 13.5. The van der Waals surface area contributed by atoms with E-state index in [1.807, 2.05) is 20.8 Å². The fourth-order valence-electron chi connectivity index (χ4n) is 3.68. The Labute approximate surface area is 168 Å². The molecule has 29 heavy (non-hydrogen) atoms. The van der Waals surface area contributed by atoms with E-state index in [0.29, 0.717) is 12.0 Å². The number of rotatable bonds is 6. The molecule has 0 aromatic heterocycles. The van der Waals surface area contributed by atoms with Crippen molar-refractivity contribution in [1.29, 1.82) is 0 Å². The number of amides is 1. The lowest BCUT2D eigenvalue weighted by Crippen LogP contribution is -2.54. The van der Waals surface area contributed by atoms with Crippen LogP contribution in [0, 0.1) is 10.1 Å².